The van der Waals surface area contributed by atoms with Gasteiger partial charge in [-0.2, -0.15) is 0 Å². The number of hydrogen-bond acceptors (Lipinski definition) is 5. The van der Waals surface area contributed by atoms with E-state index in [9.17, 15) is 4.79 Å². The van der Waals surface area contributed by atoms with Crippen LogP contribution in [0, 0.1) is 0 Å². The SMILES string of the molecule is CN(Cc1cnccn1)C(=O)N[C@H]1CCN(c2ncccc2Cl)C1. The van der Waals surface area contributed by atoms with Crippen LogP contribution in [0.4, 0.5) is 10.6 Å². The van der Waals surface area contributed by atoms with Crippen LogP contribution in [0.1, 0.15) is 12.1 Å². The van der Waals surface area contributed by atoms with Gasteiger partial charge in [-0.05, 0) is 18.6 Å². The van der Waals surface area contributed by atoms with Crippen LogP contribution in [-0.2, 0) is 6.54 Å². The molecular weight excluding hydrogens is 328 g/mol. The molecule has 1 fully saturated rings. The Kier molecular flexibility index (Phi) is 5.10. The van der Waals surface area contributed by atoms with Gasteiger partial charge >= 0.3 is 6.03 Å². The predicted molar refractivity (Wildman–Crippen MR) is 91.9 cm³/mol. The van der Waals surface area contributed by atoms with Gasteiger partial charge in [-0.15, -0.1) is 0 Å². The fraction of sp³-hybridized carbons (Fsp3) is 0.375. The van der Waals surface area contributed by atoms with Crippen LogP contribution in [0.3, 0.4) is 0 Å². The molecule has 1 N–H and O–H groups in total. The minimum absolute atomic E-state index is 0.0693. The topological polar surface area (TPSA) is 74.2 Å². The van der Waals surface area contributed by atoms with Gasteiger partial charge in [-0.3, -0.25) is 9.97 Å². The molecular formula is C16H19ClN6O. The molecule has 0 radical (unpaired) electrons. The Bertz CT molecular complexity index is 698. The zero-order valence-electron chi connectivity index (χ0n) is 13.4. The fourth-order valence-corrected chi connectivity index (χ4v) is 2.93. The van der Waals surface area contributed by atoms with Crippen LogP contribution in [-0.4, -0.2) is 52.1 Å². The van der Waals surface area contributed by atoms with Gasteiger partial charge in [-0.1, -0.05) is 11.6 Å². The van der Waals surface area contributed by atoms with E-state index in [4.69, 9.17) is 11.6 Å². The molecule has 1 aliphatic heterocycles. The van der Waals surface area contributed by atoms with Crippen molar-refractivity contribution in [2.45, 2.75) is 19.0 Å². The number of carbonyl (C=O) groups excluding carboxylic acids is 1. The van der Waals surface area contributed by atoms with E-state index in [0.29, 0.717) is 18.1 Å². The molecule has 1 atom stereocenters. The summed E-state index contributed by atoms with van der Waals surface area (Å²) in [6.07, 6.45) is 7.47. The minimum Gasteiger partial charge on any atom is -0.353 e. The van der Waals surface area contributed by atoms with Crippen LogP contribution in [0.2, 0.25) is 5.02 Å². The normalized spacial score (nSPS) is 16.9. The number of aromatic nitrogens is 3. The summed E-state index contributed by atoms with van der Waals surface area (Å²) < 4.78 is 0. The van der Waals surface area contributed by atoms with E-state index in [1.54, 1.807) is 36.7 Å². The number of rotatable bonds is 4. The van der Waals surface area contributed by atoms with E-state index in [0.717, 1.165) is 24.5 Å². The van der Waals surface area contributed by atoms with Crippen molar-refractivity contribution in [2.75, 3.05) is 25.0 Å². The molecule has 1 saturated heterocycles. The highest BCUT2D eigenvalue weighted by Gasteiger charge is 2.26. The third-order valence-electron chi connectivity index (χ3n) is 3.92. The maximum atomic E-state index is 12.3. The summed E-state index contributed by atoms with van der Waals surface area (Å²) in [5, 5.41) is 3.67. The van der Waals surface area contributed by atoms with Gasteiger partial charge in [0.15, 0.2) is 0 Å². The zero-order valence-corrected chi connectivity index (χ0v) is 14.1. The first-order valence-electron chi connectivity index (χ1n) is 7.75. The van der Waals surface area contributed by atoms with Gasteiger partial charge in [0.1, 0.15) is 5.82 Å². The lowest BCUT2D eigenvalue weighted by Gasteiger charge is -2.22. The van der Waals surface area contributed by atoms with Crippen LogP contribution >= 0.6 is 11.6 Å². The third-order valence-corrected chi connectivity index (χ3v) is 4.21. The summed E-state index contributed by atoms with van der Waals surface area (Å²) in [6.45, 7) is 1.93. The molecule has 7 nitrogen and oxygen atoms in total. The molecule has 2 aromatic rings. The molecule has 0 aliphatic carbocycles. The van der Waals surface area contributed by atoms with Crippen molar-refractivity contribution in [1.82, 2.24) is 25.2 Å². The molecule has 0 unspecified atom stereocenters. The summed E-state index contributed by atoms with van der Waals surface area (Å²) in [4.78, 5) is 28.5. The van der Waals surface area contributed by atoms with Crippen molar-refractivity contribution in [3.63, 3.8) is 0 Å². The summed E-state index contributed by atoms with van der Waals surface area (Å²) in [6, 6.07) is 3.58. The monoisotopic (exact) mass is 346 g/mol. The second-order valence-electron chi connectivity index (χ2n) is 5.74. The van der Waals surface area contributed by atoms with Crippen molar-refractivity contribution < 1.29 is 4.79 Å². The molecule has 0 aromatic carbocycles. The Hall–Kier alpha value is -2.41. The van der Waals surface area contributed by atoms with Crippen LogP contribution < -0.4 is 10.2 Å². The van der Waals surface area contributed by atoms with E-state index >= 15 is 0 Å². The maximum absolute atomic E-state index is 12.3. The van der Waals surface area contributed by atoms with Crippen molar-refractivity contribution in [3.8, 4) is 0 Å². The number of pyridine rings is 1. The lowest BCUT2D eigenvalue weighted by Crippen LogP contribution is -2.44. The Balaban J connectivity index is 1.53. The van der Waals surface area contributed by atoms with Gasteiger partial charge in [0.2, 0.25) is 0 Å². The van der Waals surface area contributed by atoms with Gasteiger partial charge in [-0.25, -0.2) is 9.78 Å². The lowest BCUT2D eigenvalue weighted by atomic mass is 10.3. The van der Waals surface area contributed by atoms with Crippen LogP contribution in [0.5, 0.6) is 0 Å². The number of nitrogens with zero attached hydrogens (tertiary/aromatic N) is 5. The smallest absolute Gasteiger partial charge is 0.317 e. The molecule has 2 amide bonds. The van der Waals surface area contributed by atoms with Gasteiger partial charge in [0.25, 0.3) is 0 Å². The molecule has 0 spiro atoms. The lowest BCUT2D eigenvalue weighted by molar-refractivity contribution is 0.203. The molecule has 24 heavy (non-hydrogen) atoms. The van der Waals surface area contributed by atoms with E-state index < -0.39 is 0 Å². The second kappa shape index (κ2) is 7.44. The first kappa shape index (κ1) is 16.4. The number of urea groups is 1. The summed E-state index contributed by atoms with van der Waals surface area (Å²) in [5.41, 5.74) is 0.753. The zero-order chi connectivity index (χ0) is 16.9. The van der Waals surface area contributed by atoms with Gasteiger partial charge in [0.05, 0.1) is 23.5 Å². The highest BCUT2D eigenvalue weighted by Crippen LogP contribution is 2.25. The van der Waals surface area contributed by atoms with E-state index in [1.807, 2.05) is 12.1 Å². The summed E-state index contributed by atoms with van der Waals surface area (Å²) in [7, 11) is 1.74. The largest absolute Gasteiger partial charge is 0.353 e. The van der Waals surface area contributed by atoms with Crippen molar-refractivity contribution in [3.05, 3.63) is 47.6 Å². The summed E-state index contributed by atoms with van der Waals surface area (Å²) >= 11 is 6.19. The highest BCUT2D eigenvalue weighted by atomic mass is 35.5. The quantitative estimate of drug-likeness (QED) is 0.915. The van der Waals surface area contributed by atoms with E-state index in [1.165, 1.54) is 0 Å². The molecule has 126 valence electrons. The molecule has 8 heteroatoms. The number of amides is 2. The van der Waals surface area contributed by atoms with Crippen molar-refractivity contribution in [2.24, 2.45) is 0 Å². The number of anilines is 1. The number of halogens is 1. The second-order valence-corrected chi connectivity index (χ2v) is 6.15. The first-order valence-corrected chi connectivity index (χ1v) is 8.13. The van der Waals surface area contributed by atoms with Crippen molar-refractivity contribution in [1.29, 1.82) is 0 Å². The van der Waals surface area contributed by atoms with Gasteiger partial charge in [0, 0.05) is 44.8 Å². The van der Waals surface area contributed by atoms with Crippen LogP contribution in [0.15, 0.2) is 36.9 Å². The van der Waals surface area contributed by atoms with Gasteiger partial charge < -0.3 is 15.1 Å². The number of nitrogens with one attached hydrogen (secondary N) is 1. The number of hydrogen-bond donors (Lipinski definition) is 1. The highest BCUT2D eigenvalue weighted by molar-refractivity contribution is 6.32. The Morgan fingerprint density at radius 1 is 1.42 bits per heavy atom. The first-order chi connectivity index (χ1) is 11.6. The Morgan fingerprint density at radius 2 is 2.29 bits per heavy atom. The number of carbonyl (C=O) groups is 1. The fourth-order valence-electron chi connectivity index (χ4n) is 2.69. The molecule has 2 aromatic heterocycles. The molecule has 3 heterocycles. The van der Waals surface area contributed by atoms with Crippen molar-refractivity contribution >= 4 is 23.4 Å². The predicted octanol–water partition coefficient (Wildman–Crippen LogP) is 1.95. The molecule has 0 saturated carbocycles. The van der Waals surface area contributed by atoms with E-state index in [2.05, 4.69) is 25.2 Å². The van der Waals surface area contributed by atoms with Crippen LogP contribution in [0.25, 0.3) is 0 Å². The third kappa shape index (κ3) is 3.91. The average molecular weight is 347 g/mol. The van der Waals surface area contributed by atoms with E-state index in [-0.39, 0.29) is 12.1 Å². The Labute approximate surface area is 145 Å². The summed E-state index contributed by atoms with van der Waals surface area (Å²) in [5.74, 6) is 0.767. The maximum Gasteiger partial charge on any atom is 0.317 e. The molecule has 1 aliphatic rings. The molecule has 0 bridgehead atoms. The standard InChI is InChI=1S/C16H19ClN6O/c1-22(10-13-9-18-6-7-19-13)16(24)21-12-4-8-23(11-12)15-14(17)3-2-5-20-15/h2-3,5-7,9,12H,4,8,10-11H2,1H3,(H,21,24)/t12-/m0/s1. The molecule has 3 rings (SSSR count). The minimum atomic E-state index is -0.125. The Morgan fingerprint density at radius 3 is 3.04 bits per heavy atom. The average Bonchev–Trinajstić information content (AvgIpc) is 3.04.